The lowest BCUT2D eigenvalue weighted by Crippen LogP contribution is -2.52. The molecule has 2 atom stereocenters. The summed E-state index contributed by atoms with van der Waals surface area (Å²) in [4.78, 5) is 48.6. The number of esters is 1. The second-order valence-corrected chi connectivity index (χ2v) is 7.95. The maximum absolute atomic E-state index is 13.8. The molecule has 1 rings (SSSR count). The Bertz CT molecular complexity index is 774. The third kappa shape index (κ3) is 7.89. The zero-order valence-corrected chi connectivity index (χ0v) is 17.5. The number of ether oxygens (including phenoxy) is 1. The van der Waals surface area contributed by atoms with E-state index in [-0.39, 0.29) is 5.56 Å². The Morgan fingerprint density at radius 2 is 1.62 bits per heavy atom. The van der Waals surface area contributed by atoms with E-state index in [9.17, 15) is 23.6 Å². The molecule has 0 bridgehead atoms. The molecule has 8 nitrogen and oxygen atoms in total. The summed E-state index contributed by atoms with van der Waals surface area (Å²) in [6.07, 6.45) is -1.28. The van der Waals surface area contributed by atoms with E-state index >= 15 is 0 Å². The van der Waals surface area contributed by atoms with Gasteiger partial charge < -0.3 is 15.4 Å². The topological polar surface area (TPSA) is 114 Å². The molecule has 0 saturated carbocycles. The first-order valence-corrected chi connectivity index (χ1v) is 9.20. The van der Waals surface area contributed by atoms with Crippen molar-refractivity contribution < 1.29 is 28.3 Å². The summed E-state index contributed by atoms with van der Waals surface area (Å²) >= 11 is 0. The van der Waals surface area contributed by atoms with Crippen LogP contribution < -0.4 is 16.0 Å². The molecule has 0 spiro atoms. The third-order valence-electron chi connectivity index (χ3n) is 3.71. The van der Waals surface area contributed by atoms with E-state index in [0.717, 1.165) is 6.07 Å². The maximum Gasteiger partial charge on any atom is 0.329 e. The summed E-state index contributed by atoms with van der Waals surface area (Å²) in [7, 11) is 0. The molecule has 29 heavy (non-hydrogen) atoms. The number of urea groups is 1. The van der Waals surface area contributed by atoms with Crippen LogP contribution in [0.1, 0.15) is 51.9 Å². The fraction of sp³-hybridized carbons (Fsp3) is 0.500. The Hall–Kier alpha value is -2.97. The van der Waals surface area contributed by atoms with Crippen LogP contribution in [0.3, 0.4) is 0 Å². The van der Waals surface area contributed by atoms with Crippen LogP contribution >= 0.6 is 0 Å². The monoisotopic (exact) mass is 409 g/mol. The summed E-state index contributed by atoms with van der Waals surface area (Å²) < 4.78 is 18.9. The minimum absolute atomic E-state index is 0.212. The number of rotatable bonds is 6. The number of benzene rings is 1. The van der Waals surface area contributed by atoms with Gasteiger partial charge in [0, 0.05) is 5.54 Å². The summed E-state index contributed by atoms with van der Waals surface area (Å²) in [5.74, 6) is -3.58. The van der Waals surface area contributed by atoms with Crippen molar-refractivity contribution >= 4 is 23.8 Å². The number of carbonyl (C=O) groups is 4. The minimum atomic E-state index is -1.28. The molecule has 0 aliphatic heterocycles. The highest BCUT2D eigenvalue weighted by Crippen LogP contribution is 2.11. The molecule has 0 aliphatic carbocycles. The van der Waals surface area contributed by atoms with Crippen LogP contribution in [0.4, 0.5) is 9.18 Å². The van der Waals surface area contributed by atoms with Gasteiger partial charge in [0.25, 0.3) is 11.8 Å². The van der Waals surface area contributed by atoms with E-state index in [2.05, 4.69) is 16.0 Å². The van der Waals surface area contributed by atoms with Crippen LogP contribution in [0.2, 0.25) is 0 Å². The number of amides is 4. The van der Waals surface area contributed by atoms with Gasteiger partial charge in [0.2, 0.25) is 0 Å². The van der Waals surface area contributed by atoms with Crippen molar-refractivity contribution in [2.75, 3.05) is 0 Å². The molecule has 0 fully saturated rings. The van der Waals surface area contributed by atoms with E-state index in [4.69, 9.17) is 4.74 Å². The fourth-order valence-corrected chi connectivity index (χ4v) is 2.25. The fourth-order valence-electron chi connectivity index (χ4n) is 2.25. The van der Waals surface area contributed by atoms with Crippen molar-refractivity contribution in [3.8, 4) is 0 Å². The average Bonchev–Trinajstić information content (AvgIpc) is 2.57. The molecule has 0 heterocycles. The predicted octanol–water partition coefficient (Wildman–Crippen LogP) is 2.14. The molecule has 9 heteroatoms. The maximum atomic E-state index is 13.8. The van der Waals surface area contributed by atoms with Crippen LogP contribution in [-0.4, -0.2) is 41.5 Å². The van der Waals surface area contributed by atoms with Gasteiger partial charge in [-0.3, -0.25) is 14.9 Å². The molecule has 0 saturated heterocycles. The zero-order valence-electron chi connectivity index (χ0n) is 17.5. The van der Waals surface area contributed by atoms with Gasteiger partial charge in [0.1, 0.15) is 11.9 Å². The molecule has 0 aliphatic rings. The number of halogens is 1. The number of hydrogen-bond donors (Lipinski definition) is 3. The van der Waals surface area contributed by atoms with Gasteiger partial charge >= 0.3 is 12.0 Å². The van der Waals surface area contributed by atoms with E-state index in [1.54, 1.807) is 34.6 Å². The smallest absolute Gasteiger partial charge is 0.329 e. The Balaban J connectivity index is 2.74. The van der Waals surface area contributed by atoms with Crippen LogP contribution in [0, 0.1) is 11.7 Å². The molecule has 0 radical (unpaired) electrons. The Kier molecular flexibility index (Phi) is 8.29. The molecule has 1 aromatic carbocycles. The minimum Gasteiger partial charge on any atom is -0.451 e. The average molecular weight is 409 g/mol. The summed E-state index contributed by atoms with van der Waals surface area (Å²) in [6, 6.07) is 3.52. The first-order chi connectivity index (χ1) is 13.3. The highest BCUT2D eigenvalue weighted by Gasteiger charge is 2.30. The number of imide groups is 1. The Labute approximate surface area is 169 Å². The van der Waals surface area contributed by atoms with Crippen LogP contribution in [-0.2, 0) is 14.3 Å². The third-order valence-corrected chi connectivity index (χ3v) is 3.71. The van der Waals surface area contributed by atoms with Crippen molar-refractivity contribution in [1.29, 1.82) is 0 Å². The first kappa shape index (κ1) is 24.1. The molecule has 0 aromatic heterocycles. The van der Waals surface area contributed by atoms with Crippen molar-refractivity contribution in [3.05, 3.63) is 35.6 Å². The van der Waals surface area contributed by atoms with Gasteiger partial charge in [0.15, 0.2) is 6.10 Å². The molecule has 3 N–H and O–H groups in total. The standard InChI is InChI=1S/C20H28FN3O5/c1-11(2)15(22-17(26)13-9-7-8-10-14(13)21)18(27)29-12(3)16(25)23-19(28)24-20(4,5)6/h7-12,15H,1-6H3,(H,22,26)(H2,23,24,25,28)/t12-,15-/m0/s1. The second-order valence-electron chi connectivity index (χ2n) is 7.95. The number of hydrogen-bond acceptors (Lipinski definition) is 5. The largest absolute Gasteiger partial charge is 0.451 e. The number of carbonyl (C=O) groups excluding carboxylic acids is 4. The highest BCUT2D eigenvalue weighted by atomic mass is 19.1. The van der Waals surface area contributed by atoms with Gasteiger partial charge in [-0.2, -0.15) is 0 Å². The lowest BCUT2D eigenvalue weighted by atomic mass is 10.0. The van der Waals surface area contributed by atoms with Gasteiger partial charge in [-0.05, 0) is 45.7 Å². The van der Waals surface area contributed by atoms with Gasteiger partial charge in [0.05, 0.1) is 5.56 Å². The molecular formula is C20H28FN3O5. The Morgan fingerprint density at radius 3 is 2.14 bits per heavy atom. The summed E-state index contributed by atoms with van der Waals surface area (Å²) in [5.41, 5.74) is -0.764. The van der Waals surface area contributed by atoms with E-state index in [1.807, 2.05) is 0 Å². The molecule has 160 valence electrons. The predicted molar refractivity (Wildman–Crippen MR) is 104 cm³/mol. The van der Waals surface area contributed by atoms with Crippen LogP contribution in [0.5, 0.6) is 0 Å². The van der Waals surface area contributed by atoms with Gasteiger partial charge in [-0.25, -0.2) is 14.0 Å². The van der Waals surface area contributed by atoms with Crippen molar-refractivity contribution in [3.63, 3.8) is 0 Å². The molecule has 0 unspecified atom stereocenters. The first-order valence-electron chi connectivity index (χ1n) is 9.20. The molecular weight excluding hydrogens is 381 g/mol. The molecule has 4 amide bonds. The van der Waals surface area contributed by atoms with Gasteiger partial charge in [-0.15, -0.1) is 0 Å². The lowest BCUT2D eigenvalue weighted by molar-refractivity contribution is -0.157. The van der Waals surface area contributed by atoms with E-state index in [1.165, 1.54) is 25.1 Å². The normalized spacial score (nSPS) is 13.2. The van der Waals surface area contributed by atoms with E-state index < -0.39 is 53.2 Å². The quantitative estimate of drug-likeness (QED) is 0.623. The van der Waals surface area contributed by atoms with Crippen LogP contribution in [0.25, 0.3) is 0 Å². The molecule has 1 aromatic rings. The SMILES string of the molecule is CC(C)[C@H](NC(=O)c1ccccc1F)C(=O)O[C@@H](C)C(=O)NC(=O)NC(C)(C)C. The Morgan fingerprint density at radius 1 is 1.03 bits per heavy atom. The van der Waals surface area contributed by atoms with Crippen molar-refractivity contribution in [1.82, 2.24) is 16.0 Å². The zero-order chi connectivity index (χ0) is 22.4. The van der Waals surface area contributed by atoms with E-state index in [0.29, 0.717) is 0 Å². The second kappa shape index (κ2) is 9.99. The van der Waals surface area contributed by atoms with Crippen molar-refractivity contribution in [2.24, 2.45) is 5.92 Å². The van der Waals surface area contributed by atoms with Crippen molar-refractivity contribution in [2.45, 2.75) is 59.2 Å². The van der Waals surface area contributed by atoms with Gasteiger partial charge in [-0.1, -0.05) is 26.0 Å². The number of nitrogens with one attached hydrogen (secondary N) is 3. The highest BCUT2D eigenvalue weighted by molar-refractivity contribution is 5.99. The summed E-state index contributed by atoms with van der Waals surface area (Å²) in [6.45, 7) is 9.85. The summed E-state index contributed by atoms with van der Waals surface area (Å²) in [5, 5.41) is 7.05. The van der Waals surface area contributed by atoms with Crippen LogP contribution in [0.15, 0.2) is 24.3 Å². The lowest BCUT2D eigenvalue weighted by Gasteiger charge is -2.24.